The van der Waals surface area contributed by atoms with Gasteiger partial charge < -0.3 is 4.74 Å². The van der Waals surface area contributed by atoms with Crippen LogP contribution in [0.5, 0.6) is 5.75 Å². The van der Waals surface area contributed by atoms with Crippen LogP contribution in [0.1, 0.15) is 21.5 Å². The lowest BCUT2D eigenvalue weighted by Crippen LogP contribution is -2.14. The van der Waals surface area contributed by atoms with Crippen LogP contribution in [0.2, 0.25) is 0 Å². The van der Waals surface area contributed by atoms with E-state index in [0.717, 1.165) is 6.92 Å². The number of esters is 1. The largest absolute Gasteiger partial charge is 0.419 e. The van der Waals surface area contributed by atoms with Crippen LogP contribution in [-0.2, 0) is 0 Å². The van der Waals surface area contributed by atoms with E-state index in [0.29, 0.717) is 5.56 Å². The number of carbonyl (C=O) groups excluding carboxylic acids is 1. The van der Waals surface area contributed by atoms with Gasteiger partial charge in [0.05, 0.1) is 5.56 Å². The van der Waals surface area contributed by atoms with Gasteiger partial charge >= 0.3 is 5.97 Å². The molecular formula is C15H10F4O2. The Hall–Kier alpha value is -2.37. The van der Waals surface area contributed by atoms with Crippen molar-refractivity contribution in [3.05, 3.63) is 64.2 Å². The second-order valence-electron chi connectivity index (χ2n) is 4.41. The van der Waals surface area contributed by atoms with E-state index in [2.05, 4.69) is 0 Å². The lowest BCUT2D eigenvalue weighted by molar-refractivity contribution is 0.0723. The topological polar surface area (TPSA) is 26.3 Å². The zero-order valence-electron chi connectivity index (χ0n) is 11.1. The Bertz CT molecular complexity index is 697. The van der Waals surface area contributed by atoms with Crippen LogP contribution in [0, 0.1) is 37.1 Å². The third-order valence-electron chi connectivity index (χ3n) is 3.01. The number of hydrogen-bond donors (Lipinski definition) is 0. The van der Waals surface area contributed by atoms with Gasteiger partial charge in [-0.2, -0.15) is 4.39 Å². The molecule has 2 rings (SSSR count). The summed E-state index contributed by atoms with van der Waals surface area (Å²) in [5.41, 5.74) is 0.0402. The monoisotopic (exact) mass is 298 g/mol. The Morgan fingerprint density at radius 2 is 1.48 bits per heavy atom. The number of benzene rings is 2. The molecule has 0 spiro atoms. The van der Waals surface area contributed by atoms with Crippen molar-refractivity contribution in [2.75, 3.05) is 0 Å². The van der Waals surface area contributed by atoms with Gasteiger partial charge in [-0.3, -0.25) is 0 Å². The zero-order chi connectivity index (χ0) is 15.7. The molecule has 0 radical (unpaired) electrons. The average Bonchev–Trinajstić information content (AvgIpc) is 2.48. The number of rotatable bonds is 2. The van der Waals surface area contributed by atoms with E-state index < -0.39 is 40.6 Å². The molecule has 0 N–H and O–H groups in total. The molecular weight excluding hydrogens is 288 g/mol. The molecule has 6 heteroatoms. The van der Waals surface area contributed by atoms with Crippen molar-refractivity contribution in [2.24, 2.45) is 0 Å². The first-order chi connectivity index (χ1) is 9.84. The average molecular weight is 298 g/mol. The van der Waals surface area contributed by atoms with Gasteiger partial charge in [-0.25, -0.2) is 18.0 Å². The highest BCUT2D eigenvalue weighted by atomic mass is 19.2. The summed E-state index contributed by atoms with van der Waals surface area (Å²) in [6.07, 6.45) is 0. The van der Waals surface area contributed by atoms with Crippen LogP contribution in [0.25, 0.3) is 0 Å². The van der Waals surface area contributed by atoms with Gasteiger partial charge in [0, 0.05) is 5.56 Å². The summed E-state index contributed by atoms with van der Waals surface area (Å²) < 4.78 is 57.9. The van der Waals surface area contributed by atoms with Crippen molar-refractivity contribution >= 4 is 5.97 Å². The highest BCUT2D eigenvalue weighted by Crippen LogP contribution is 2.30. The maximum Gasteiger partial charge on any atom is 0.343 e. The Labute approximate surface area is 118 Å². The molecule has 0 heterocycles. The van der Waals surface area contributed by atoms with Crippen LogP contribution >= 0.6 is 0 Å². The molecule has 0 aliphatic heterocycles. The minimum Gasteiger partial charge on any atom is -0.419 e. The molecule has 0 amide bonds. The van der Waals surface area contributed by atoms with Crippen molar-refractivity contribution in [1.82, 2.24) is 0 Å². The maximum absolute atomic E-state index is 13.6. The van der Waals surface area contributed by atoms with Crippen LogP contribution in [0.3, 0.4) is 0 Å². The van der Waals surface area contributed by atoms with E-state index >= 15 is 0 Å². The molecule has 2 aromatic carbocycles. The van der Waals surface area contributed by atoms with E-state index in [-0.39, 0.29) is 5.56 Å². The van der Waals surface area contributed by atoms with Crippen molar-refractivity contribution in [3.63, 3.8) is 0 Å². The summed E-state index contributed by atoms with van der Waals surface area (Å²) in [7, 11) is 0. The molecule has 2 nitrogen and oxygen atoms in total. The van der Waals surface area contributed by atoms with Crippen LogP contribution in [0.4, 0.5) is 17.6 Å². The minimum atomic E-state index is -2.02. The quantitative estimate of drug-likeness (QED) is 0.274. The number of aryl methyl sites for hydroxylation is 1. The molecule has 0 saturated heterocycles. The Morgan fingerprint density at radius 3 is 2.10 bits per heavy atom. The molecule has 110 valence electrons. The molecule has 0 aliphatic rings. The normalized spacial score (nSPS) is 10.6. The van der Waals surface area contributed by atoms with E-state index in [1.165, 1.54) is 6.07 Å². The number of ether oxygens (including phenoxy) is 1. The summed E-state index contributed by atoms with van der Waals surface area (Å²) in [5, 5.41) is 0. The highest BCUT2D eigenvalue weighted by Gasteiger charge is 2.26. The molecule has 21 heavy (non-hydrogen) atoms. The van der Waals surface area contributed by atoms with Crippen molar-refractivity contribution in [2.45, 2.75) is 13.8 Å². The smallest absolute Gasteiger partial charge is 0.343 e. The summed E-state index contributed by atoms with van der Waals surface area (Å²) in [6.45, 7) is 2.60. The van der Waals surface area contributed by atoms with Crippen LogP contribution < -0.4 is 4.74 Å². The molecule has 2 aromatic rings. The molecule has 0 unspecified atom stereocenters. The van der Waals surface area contributed by atoms with E-state index in [4.69, 9.17) is 4.74 Å². The van der Waals surface area contributed by atoms with Gasteiger partial charge in [0.25, 0.3) is 0 Å². The Morgan fingerprint density at radius 1 is 0.905 bits per heavy atom. The summed E-state index contributed by atoms with van der Waals surface area (Å²) in [5.74, 6) is -9.25. The summed E-state index contributed by atoms with van der Waals surface area (Å²) >= 11 is 0. The second kappa shape index (κ2) is 5.55. The van der Waals surface area contributed by atoms with E-state index in [1.54, 1.807) is 25.1 Å². The predicted molar refractivity (Wildman–Crippen MR) is 67.1 cm³/mol. The molecule has 0 atom stereocenters. The minimum absolute atomic E-state index is 0.112. The number of carbonyl (C=O) groups is 1. The highest BCUT2D eigenvalue weighted by molar-refractivity contribution is 5.92. The fourth-order valence-electron chi connectivity index (χ4n) is 1.79. The fourth-order valence-corrected chi connectivity index (χ4v) is 1.79. The summed E-state index contributed by atoms with van der Waals surface area (Å²) in [6, 6.07) is 6.26. The van der Waals surface area contributed by atoms with Crippen LogP contribution in [0.15, 0.2) is 24.3 Å². The molecule has 0 aromatic heterocycles. The van der Waals surface area contributed by atoms with E-state index in [1.807, 2.05) is 0 Å². The van der Waals surface area contributed by atoms with Crippen LogP contribution in [-0.4, -0.2) is 5.97 Å². The standard InChI is InChI=1S/C15H10F4O2/c1-7-5-3-4-6-9(7)15(20)21-14-8(2)10(16)11(17)12(18)13(14)19/h3-6H,1-2H3. The molecule has 0 saturated carbocycles. The summed E-state index contributed by atoms with van der Waals surface area (Å²) in [4.78, 5) is 11.9. The lowest BCUT2D eigenvalue weighted by atomic mass is 10.1. The van der Waals surface area contributed by atoms with E-state index in [9.17, 15) is 22.4 Å². The molecule has 0 aliphatic carbocycles. The predicted octanol–water partition coefficient (Wildman–Crippen LogP) is 4.08. The van der Waals surface area contributed by atoms with Gasteiger partial charge in [0.2, 0.25) is 11.6 Å². The fraction of sp³-hybridized carbons (Fsp3) is 0.133. The molecule has 0 fully saturated rings. The first kappa shape index (κ1) is 15.0. The van der Waals surface area contributed by atoms with Crippen molar-refractivity contribution in [3.8, 4) is 5.75 Å². The maximum atomic E-state index is 13.6. The van der Waals surface area contributed by atoms with Crippen molar-refractivity contribution in [1.29, 1.82) is 0 Å². The third-order valence-corrected chi connectivity index (χ3v) is 3.01. The first-order valence-electron chi connectivity index (χ1n) is 5.95. The lowest BCUT2D eigenvalue weighted by Gasteiger charge is -2.11. The SMILES string of the molecule is Cc1ccccc1C(=O)Oc1c(C)c(F)c(F)c(F)c1F. The Kier molecular flexibility index (Phi) is 3.97. The second-order valence-corrected chi connectivity index (χ2v) is 4.41. The zero-order valence-corrected chi connectivity index (χ0v) is 11.1. The van der Waals surface area contributed by atoms with Gasteiger partial charge in [-0.05, 0) is 25.5 Å². The number of halogens is 4. The molecule has 0 bridgehead atoms. The number of hydrogen-bond acceptors (Lipinski definition) is 2. The third kappa shape index (κ3) is 2.61. The first-order valence-corrected chi connectivity index (χ1v) is 5.95. The van der Waals surface area contributed by atoms with Crippen molar-refractivity contribution < 1.29 is 27.1 Å². The Balaban J connectivity index is 2.46. The van der Waals surface area contributed by atoms with Gasteiger partial charge in [0.15, 0.2) is 17.4 Å². The van der Waals surface area contributed by atoms with Gasteiger partial charge in [-0.1, -0.05) is 18.2 Å². The van der Waals surface area contributed by atoms with Gasteiger partial charge in [0.1, 0.15) is 0 Å². The van der Waals surface area contributed by atoms with Gasteiger partial charge in [-0.15, -0.1) is 0 Å².